The van der Waals surface area contributed by atoms with Crippen LogP contribution in [-0.4, -0.2) is 27.3 Å². The lowest BCUT2D eigenvalue weighted by molar-refractivity contribution is -0.123. The van der Waals surface area contributed by atoms with Gasteiger partial charge in [-0.3, -0.25) is 9.78 Å². The van der Waals surface area contributed by atoms with E-state index in [0.29, 0.717) is 35.7 Å². The van der Waals surface area contributed by atoms with E-state index < -0.39 is 5.67 Å². The standard InChI is InChI=1S/C21H24FN3O2/c1-13-3-4-19(24-10-13)17-9-15(17)12-27-20-18(11-23-14(2)25-20)21(22)7-5-16(26)6-8-21/h3-4,10-11,15,17H,5-9,12H2,1-2H3/t15-,17?/m1/s1. The van der Waals surface area contributed by atoms with Crippen molar-refractivity contribution in [1.29, 1.82) is 0 Å². The summed E-state index contributed by atoms with van der Waals surface area (Å²) in [5.41, 5.74) is 1.03. The lowest BCUT2D eigenvalue weighted by Crippen LogP contribution is -2.28. The van der Waals surface area contributed by atoms with Gasteiger partial charge in [0.15, 0.2) is 0 Å². The van der Waals surface area contributed by atoms with Gasteiger partial charge in [-0.2, -0.15) is 4.98 Å². The molecule has 2 aromatic rings. The average molecular weight is 369 g/mol. The smallest absolute Gasteiger partial charge is 0.223 e. The van der Waals surface area contributed by atoms with Crippen LogP contribution in [-0.2, 0) is 10.5 Å². The van der Waals surface area contributed by atoms with Crippen LogP contribution in [0.2, 0.25) is 0 Å². The molecule has 0 saturated heterocycles. The number of alkyl halides is 1. The van der Waals surface area contributed by atoms with Gasteiger partial charge in [0.25, 0.3) is 0 Å². The summed E-state index contributed by atoms with van der Waals surface area (Å²) >= 11 is 0. The number of Topliss-reactive ketones (excluding diaryl/α,β-unsaturated/α-hetero) is 1. The molecule has 0 spiro atoms. The van der Waals surface area contributed by atoms with Crippen molar-refractivity contribution in [3.63, 3.8) is 0 Å². The average Bonchev–Trinajstić information content (AvgIpc) is 3.43. The predicted octanol–water partition coefficient (Wildman–Crippen LogP) is 3.98. The van der Waals surface area contributed by atoms with Gasteiger partial charge < -0.3 is 4.74 Å². The van der Waals surface area contributed by atoms with Crippen LogP contribution in [0, 0.1) is 19.8 Å². The van der Waals surface area contributed by atoms with E-state index in [4.69, 9.17) is 4.74 Å². The summed E-state index contributed by atoms with van der Waals surface area (Å²) < 4.78 is 21.4. The van der Waals surface area contributed by atoms with Gasteiger partial charge in [-0.25, -0.2) is 9.37 Å². The summed E-state index contributed by atoms with van der Waals surface area (Å²) in [4.78, 5) is 24.5. The number of pyridine rings is 1. The summed E-state index contributed by atoms with van der Waals surface area (Å²) in [6, 6.07) is 4.14. The number of aryl methyl sites for hydroxylation is 2. The summed E-state index contributed by atoms with van der Waals surface area (Å²) in [5, 5.41) is 0. The molecular formula is C21H24FN3O2. The van der Waals surface area contributed by atoms with E-state index in [0.717, 1.165) is 17.7 Å². The van der Waals surface area contributed by atoms with Gasteiger partial charge in [0.1, 0.15) is 17.3 Å². The third-order valence-corrected chi connectivity index (χ3v) is 5.63. The van der Waals surface area contributed by atoms with Gasteiger partial charge in [0.05, 0.1) is 12.2 Å². The molecule has 2 aliphatic rings. The van der Waals surface area contributed by atoms with Crippen molar-refractivity contribution in [2.24, 2.45) is 5.92 Å². The van der Waals surface area contributed by atoms with Crippen LogP contribution >= 0.6 is 0 Å². The van der Waals surface area contributed by atoms with E-state index in [1.165, 1.54) is 6.20 Å². The van der Waals surface area contributed by atoms with Crippen molar-refractivity contribution in [3.8, 4) is 5.88 Å². The topological polar surface area (TPSA) is 65.0 Å². The molecule has 2 saturated carbocycles. The number of halogens is 1. The number of carbonyl (C=O) groups excluding carboxylic acids is 1. The Labute approximate surface area is 158 Å². The first-order chi connectivity index (χ1) is 12.9. The molecule has 2 fully saturated rings. The van der Waals surface area contributed by atoms with E-state index in [2.05, 4.69) is 27.1 Å². The third-order valence-electron chi connectivity index (χ3n) is 5.63. The minimum atomic E-state index is -1.58. The Kier molecular flexibility index (Phi) is 4.66. The Bertz CT molecular complexity index is 843. The summed E-state index contributed by atoms with van der Waals surface area (Å²) in [7, 11) is 0. The van der Waals surface area contributed by atoms with E-state index >= 15 is 4.39 Å². The maximum absolute atomic E-state index is 15.5. The largest absolute Gasteiger partial charge is 0.477 e. The van der Waals surface area contributed by atoms with E-state index in [1.54, 1.807) is 6.92 Å². The zero-order valence-corrected chi connectivity index (χ0v) is 15.7. The maximum Gasteiger partial charge on any atom is 0.223 e. The van der Waals surface area contributed by atoms with Gasteiger partial charge >= 0.3 is 0 Å². The quantitative estimate of drug-likeness (QED) is 0.798. The minimum absolute atomic E-state index is 0.116. The fraction of sp³-hybridized carbons (Fsp3) is 0.524. The zero-order chi connectivity index (χ0) is 19.0. The summed E-state index contributed by atoms with van der Waals surface area (Å²) in [6.45, 7) is 4.27. The molecule has 6 heteroatoms. The number of carbonyl (C=O) groups is 1. The second-order valence-electron chi connectivity index (χ2n) is 7.81. The molecule has 0 bridgehead atoms. The van der Waals surface area contributed by atoms with Gasteiger partial charge in [0, 0.05) is 42.8 Å². The lowest BCUT2D eigenvalue weighted by atomic mass is 9.81. The van der Waals surface area contributed by atoms with E-state index in [9.17, 15) is 4.79 Å². The Morgan fingerprint density at radius 3 is 2.67 bits per heavy atom. The van der Waals surface area contributed by atoms with Gasteiger partial charge in [-0.1, -0.05) is 6.07 Å². The fourth-order valence-electron chi connectivity index (χ4n) is 3.74. The maximum atomic E-state index is 15.5. The zero-order valence-electron chi connectivity index (χ0n) is 15.7. The van der Waals surface area contributed by atoms with Gasteiger partial charge in [-0.05, 0) is 44.7 Å². The van der Waals surface area contributed by atoms with Gasteiger partial charge in [0.2, 0.25) is 5.88 Å². The highest BCUT2D eigenvalue weighted by Gasteiger charge is 2.42. The predicted molar refractivity (Wildman–Crippen MR) is 98.3 cm³/mol. The van der Waals surface area contributed by atoms with Crippen LogP contribution in [0.3, 0.4) is 0 Å². The second kappa shape index (κ2) is 6.98. The van der Waals surface area contributed by atoms with Crippen LogP contribution in [0.25, 0.3) is 0 Å². The molecule has 5 nitrogen and oxygen atoms in total. The van der Waals surface area contributed by atoms with Crippen LogP contribution in [0.15, 0.2) is 24.5 Å². The number of ketones is 1. The van der Waals surface area contributed by atoms with Crippen LogP contribution in [0.5, 0.6) is 5.88 Å². The summed E-state index contributed by atoms with van der Waals surface area (Å²) in [5.74, 6) is 1.75. The Morgan fingerprint density at radius 1 is 1.19 bits per heavy atom. The number of nitrogens with zero attached hydrogens (tertiary/aromatic N) is 3. The highest BCUT2D eigenvalue weighted by atomic mass is 19.1. The number of hydrogen-bond donors (Lipinski definition) is 0. The molecule has 0 amide bonds. The first-order valence-electron chi connectivity index (χ1n) is 9.55. The number of ether oxygens (including phenoxy) is 1. The van der Waals surface area contributed by atoms with Crippen molar-refractivity contribution in [2.45, 2.75) is 57.5 Å². The molecule has 1 unspecified atom stereocenters. The van der Waals surface area contributed by atoms with E-state index in [-0.39, 0.29) is 31.5 Å². The second-order valence-corrected chi connectivity index (χ2v) is 7.81. The van der Waals surface area contributed by atoms with Crippen molar-refractivity contribution in [3.05, 3.63) is 47.2 Å². The Morgan fingerprint density at radius 2 is 1.96 bits per heavy atom. The minimum Gasteiger partial charge on any atom is -0.477 e. The fourth-order valence-corrected chi connectivity index (χ4v) is 3.74. The van der Waals surface area contributed by atoms with E-state index in [1.807, 2.05) is 13.1 Å². The lowest BCUT2D eigenvalue weighted by Gasteiger charge is -2.29. The first kappa shape index (κ1) is 18.0. The molecule has 27 heavy (non-hydrogen) atoms. The van der Waals surface area contributed by atoms with Gasteiger partial charge in [-0.15, -0.1) is 0 Å². The normalized spacial score (nSPS) is 23.9. The molecule has 2 heterocycles. The van der Waals surface area contributed by atoms with Crippen LogP contribution in [0.1, 0.15) is 60.7 Å². The summed E-state index contributed by atoms with van der Waals surface area (Å²) in [6.07, 6.45) is 5.29. The molecule has 0 aliphatic heterocycles. The SMILES string of the molecule is Cc1ccc(C2C[C@@H]2COc2nc(C)ncc2C2(F)CCC(=O)CC2)nc1. The molecule has 2 aliphatic carbocycles. The van der Waals surface area contributed by atoms with Crippen LogP contribution < -0.4 is 4.74 Å². The Balaban J connectivity index is 1.45. The molecule has 0 N–H and O–H groups in total. The first-order valence-corrected chi connectivity index (χ1v) is 9.55. The molecule has 2 aromatic heterocycles. The highest BCUT2D eigenvalue weighted by Crippen LogP contribution is 2.47. The van der Waals surface area contributed by atoms with Crippen molar-refractivity contribution >= 4 is 5.78 Å². The molecule has 0 aromatic carbocycles. The van der Waals surface area contributed by atoms with Crippen LogP contribution in [0.4, 0.5) is 4.39 Å². The molecular weight excluding hydrogens is 345 g/mol. The van der Waals surface area contributed by atoms with Crippen molar-refractivity contribution in [1.82, 2.24) is 15.0 Å². The third kappa shape index (κ3) is 3.84. The van der Waals surface area contributed by atoms with Crippen molar-refractivity contribution in [2.75, 3.05) is 6.61 Å². The Hall–Kier alpha value is -2.37. The molecule has 4 rings (SSSR count). The monoisotopic (exact) mass is 369 g/mol. The number of hydrogen-bond acceptors (Lipinski definition) is 5. The molecule has 0 radical (unpaired) electrons. The molecule has 142 valence electrons. The molecule has 2 atom stereocenters. The highest BCUT2D eigenvalue weighted by molar-refractivity contribution is 5.79. The number of rotatable bonds is 5. The number of aromatic nitrogens is 3. The van der Waals surface area contributed by atoms with Crippen molar-refractivity contribution < 1.29 is 13.9 Å².